The Bertz CT molecular complexity index is 1120. The minimum Gasteiger partial charge on any atom is -0.493 e. The average molecular weight is 499 g/mol. The van der Waals surface area contributed by atoms with E-state index in [4.69, 9.17) is 25.7 Å². The second kappa shape index (κ2) is 12.2. The SMILES string of the molecule is COc1ccc(CN2CCN(Cc3ccc(C(=O)N=C(N)N)cc3NC(C)=O)CC2)c(OC)c1OC. The van der Waals surface area contributed by atoms with Crippen molar-refractivity contribution in [3.05, 3.63) is 47.0 Å². The Kier molecular flexibility index (Phi) is 9.09. The number of carbonyl (C=O) groups excluding carboxylic acids is 2. The van der Waals surface area contributed by atoms with Crippen molar-refractivity contribution < 1.29 is 23.8 Å². The first-order chi connectivity index (χ1) is 17.2. The van der Waals surface area contributed by atoms with Crippen molar-refractivity contribution >= 4 is 23.5 Å². The summed E-state index contributed by atoms with van der Waals surface area (Å²) < 4.78 is 16.5. The highest BCUT2D eigenvalue weighted by molar-refractivity contribution is 6.03. The van der Waals surface area contributed by atoms with Gasteiger partial charge in [-0.1, -0.05) is 12.1 Å². The molecule has 2 aromatic rings. The lowest BCUT2D eigenvalue weighted by molar-refractivity contribution is -0.114. The lowest BCUT2D eigenvalue weighted by atomic mass is 10.1. The number of anilines is 1. The molecule has 1 saturated heterocycles. The summed E-state index contributed by atoms with van der Waals surface area (Å²) in [6.45, 7) is 6.15. The standard InChI is InChI=1S/C25H34N6O5/c1-16(32)28-20-13-17(24(33)29-25(26)27)5-6-18(20)14-30-9-11-31(12-10-30)15-19-7-8-21(34-2)23(36-4)22(19)35-3/h5-8,13H,9-12,14-15H2,1-4H3,(H,28,32)(H4,26,27,29,33). The van der Waals surface area contributed by atoms with Gasteiger partial charge in [0.2, 0.25) is 11.7 Å². The summed E-state index contributed by atoms with van der Waals surface area (Å²) in [5.74, 6) is 0.791. The Morgan fingerprint density at radius 1 is 0.889 bits per heavy atom. The van der Waals surface area contributed by atoms with Crippen molar-refractivity contribution in [2.45, 2.75) is 20.0 Å². The van der Waals surface area contributed by atoms with Crippen LogP contribution in [0.3, 0.4) is 0 Å². The van der Waals surface area contributed by atoms with Gasteiger partial charge in [0.25, 0.3) is 5.91 Å². The second-order valence-corrected chi connectivity index (χ2v) is 8.44. The number of piperazine rings is 1. The molecule has 0 bridgehead atoms. The number of aliphatic imine (C=N–C) groups is 1. The molecule has 1 aliphatic rings. The third-order valence-electron chi connectivity index (χ3n) is 5.94. The number of rotatable bonds is 9. The maximum Gasteiger partial charge on any atom is 0.280 e. The van der Waals surface area contributed by atoms with E-state index in [-0.39, 0.29) is 11.9 Å². The number of nitrogens with two attached hydrogens (primary N) is 2. The Labute approximate surface area is 211 Å². The first-order valence-electron chi connectivity index (χ1n) is 11.5. The summed E-state index contributed by atoms with van der Waals surface area (Å²) >= 11 is 0. The quantitative estimate of drug-likeness (QED) is 0.345. The maximum absolute atomic E-state index is 12.2. The molecule has 0 unspecified atom stereocenters. The van der Waals surface area contributed by atoms with Crippen LogP contribution in [0, 0.1) is 0 Å². The van der Waals surface area contributed by atoms with Crippen molar-refractivity contribution in [3.8, 4) is 17.2 Å². The van der Waals surface area contributed by atoms with Gasteiger partial charge in [-0.15, -0.1) is 0 Å². The third-order valence-corrected chi connectivity index (χ3v) is 5.94. The topological polar surface area (TPSA) is 145 Å². The summed E-state index contributed by atoms with van der Waals surface area (Å²) in [5, 5.41) is 2.81. The number of methoxy groups -OCH3 is 3. The maximum atomic E-state index is 12.2. The number of amides is 2. The highest BCUT2D eigenvalue weighted by atomic mass is 16.5. The Morgan fingerprint density at radius 3 is 2.00 bits per heavy atom. The Morgan fingerprint density at radius 2 is 1.47 bits per heavy atom. The zero-order chi connectivity index (χ0) is 26.2. The molecule has 0 saturated carbocycles. The number of guanidine groups is 1. The average Bonchev–Trinajstić information content (AvgIpc) is 2.85. The molecule has 0 atom stereocenters. The molecule has 3 rings (SSSR count). The molecule has 36 heavy (non-hydrogen) atoms. The molecule has 11 heteroatoms. The van der Waals surface area contributed by atoms with Gasteiger partial charge in [0.1, 0.15) is 0 Å². The molecule has 0 aromatic heterocycles. The van der Waals surface area contributed by atoms with E-state index in [1.54, 1.807) is 33.5 Å². The summed E-state index contributed by atoms with van der Waals surface area (Å²) in [7, 11) is 4.83. The van der Waals surface area contributed by atoms with Crippen molar-refractivity contribution in [2.75, 3.05) is 52.8 Å². The van der Waals surface area contributed by atoms with Crippen molar-refractivity contribution in [3.63, 3.8) is 0 Å². The van der Waals surface area contributed by atoms with Crippen molar-refractivity contribution in [1.29, 1.82) is 0 Å². The van der Waals surface area contributed by atoms with Gasteiger partial charge < -0.3 is 31.0 Å². The summed E-state index contributed by atoms with van der Waals surface area (Å²) in [6, 6.07) is 8.97. The molecule has 0 spiro atoms. The van der Waals surface area contributed by atoms with Crippen LogP contribution in [-0.4, -0.2) is 75.1 Å². The van der Waals surface area contributed by atoms with Crippen LogP contribution in [0.2, 0.25) is 0 Å². The van der Waals surface area contributed by atoms with E-state index in [1.807, 2.05) is 18.2 Å². The van der Waals surface area contributed by atoms with Gasteiger partial charge in [-0.05, 0) is 23.8 Å². The van der Waals surface area contributed by atoms with E-state index in [9.17, 15) is 9.59 Å². The fourth-order valence-electron chi connectivity index (χ4n) is 4.21. The second-order valence-electron chi connectivity index (χ2n) is 8.44. The number of carbonyl (C=O) groups is 2. The van der Waals surface area contributed by atoms with Crippen LogP contribution < -0.4 is 31.0 Å². The molecule has 5 N–H and O–H groups in total. The van der Waals surface area contributed by atoms with E-state index in [1.165, 1.54) is 6.92 Å². The first kappa shape index (κ1) is 26.8. The lowest BCUT2D eigenvalue weighted by Gasteiger charge is -2.35. The van der Waals surface area contributed by atoms with E-state index in [2.05, 4.69) is 20.1 Å². The zero-order valence-electron chi connectivity index (χ0n) is 21.2. The number of hydrogen-bond donors (Lipinski definition) is 3. The molecule has 0 radical (unpaired) electrons. The van der Waals surface area contributed by atoms with Gasteiger partial charge in [0.15, 0.2) is 17.5 Å². The van der Waals surface area contributed by atoms with Gasteiger partial charge in [-0.3, -0.25) is 19.4 Å². The van der Waals surface area contributed by atoms with Crippen LogP contribution in [0.25, 0.3) is 0 Å². The number of nitrogens with zero attached hydrogens (tertiary/aromatic N) is 3. The minimum absolute atomic E-state index is 0.226. The molecule has 1 fully saturated rings. The molecule has 2 aromatic carbocycles. The normalized spacial score (nSPS) is 14.1. The summed E-state index contributed by atoms with van der Waals surface area (Å²) in [6.07, 6.45) is 0. The molecule has 194 valence electrons. The molecule has 0 aliphatic carbocycles. The van der Waals surface area contributed by atoms with Gasteiger partial charge in [-0.2, -0.15) is 4.99 Å². The predicted molar refractivity (Wildman–Crippen MR) is 138 cm³/mol. The minimum atomic E-state index is -0.563. The van der Waals surface area contributed by atoms with Crippen molar-refractivity contribution in [1.82, 2.24) is 9.80 Å². The predicted octanol–water partition coefficient (Wildman–Crippen LogP) is 1.40. The highest BCUT2D eigenvalue weighted by Crippen LogP contribution is 2.40. The molecule has 11 nitrogen and oxygen atoms in total. The summed E-state index contributed by atoms with van der Waals surface area (Å²) in [4.78, 5) is 32.2. The fraction of sp³-hybridized carbons (Fsp3) is 0.400. The van der Waals surface area contributed by atoms with E-state index >= 15 is 0 Å². The molecule has 1 heterocycles. The number of nitrogens with one attached hydrogen (secondary N) is 1. The van der Waals surface area contributed by atoms with Crippen molar-refractivity contribution in [2.24, 2.45) is 16.5 Å². The van der Waals surface area contributed by atoms with E-state index in [0.717, 1.165) is 43.9 Å². The van der Waals surface area contributed by atoms with E-state index in [0.29, 0.717) is 35.0 Å². The zero-order valence-corrected chi connectivity index (χ0v) is 21.2. The lowest BCUT2D eigenvalue weighted by Crippen LogP contribution is -2.45. The highest BCUT2D eigenvalue weighted by Gasteiger charge is 2.22. The molecule has 1 aliphatic heterocycles. The Hall–Kier alpha value is -3.83. The molecular weight excluding hydrogens is 464 g/mol. The van der Waals surface area contributed by atoms with Gasteiger partial charge in [0.05, 0.1) is 21.3 Å². The third kappa shape index (κ3) is 6.64. The van der Waals surface area contributed by atoms with E-state index < -0.39 is 5.91 Å². The molecule has 2 amide bonds. The fourth-order valence-corrected chi connectivity index (χ4v) is 4.21. The number of hydrogen-bond acceptors (Lipinski definition) is 7. The smallest absolute Gasteiger partial charge is 0.280 e. The number of ether oxygens (including phenoxy) is 3. The van der Waals surface area contributed by atoms with Crippen LogP contribution in [-0.2, 0) is 17.9 Å². The van der Waals surface area contributed by atoms with Crippen LogP contribution in [0.1, 0.15) is 28.4 Å². The monoisotopic (exact) mass is 498 g/mol. The largest absolute Gasteiger partial charge is 0.493 e. The van der Waals surface area contributed by atoms with Crippen LogP contribution in [0.4, 0.5) is 5.69 Å². The van der Waals surface area contributed by atoms with Gasteiger partial charge >= 0.3 is 0 Å². The number of benzene rings is 2. The molecular formula is C25H34N6O5. The first-order valence-corrected chi connectivity index (χ1v) is 11.5. The Balaban J connectivity index is 1.67. The van der Waals surface area contributed by atoms with Gasteiger partial charge in [-0.25, -0.2) is 0 Å². The van der Waals surface area contributed by atoms with Crippen LogP contribution >= 0.6 is 0 Å². The van der Waals surface area contributed by atoms with Crippen LogP contribution in [0.5, 0.6) is 17.2 Å². The summed E-state index contributed by atoms with van der Waals surface area (Å²) in [5.41, 5.74) is 13.4. The van der Waals surface area contributed by atoms with Gasteiger partial charge in [0, 0.05) is 63.0 Å². The van der Waals surface area contributed by atoms with Crippen LogP contribution in [0.15, 0.2) is 35.3 Å².